The molecule has 2 unspecified atom stereocenters. The second-order valence-corrected chi connectivity index (χ2v) is 14.3. The molecule has 2 heteroatoms. The predicted molar refractivity (Wildman–Crippen MR) is 218 cm³/mol. The lowest BCUT2D eigenvalue weighted by Crippen LogP contribution is -2.02. The van der Waals surface area contributed by atoms with Gasteiger partial charge in [-0.2, -0.15) is 0 Å². The number of aromatic nitrogens is 2. The van der Waals surface area contributed by atoms with E-state index in [1.807, 2.05) is 18.2 Å². The molecule has 2 aromatic heterocycles. The molecule has 250 valence electrons. The van der Waals surface area contributed by atoms with E-state index in [0.29, 0.717) is 11.8 Å². The molecule has 6 aromatic rings. The summed E-state index contributed by atoms with van der Waals surface area (Å²) in [4.78, 5) is 0. The van der Waals surface area contributed by atoms with Gasteiger partial charge in [0.05, 0.1) is 0 Å². The second kappa shape index (κ2) is 13.3. The van der Waals surface area contributed by atoms with Crippen molar-refractivity contribution in [3.8, 4) is 16.8 Å². The first-order valence-corrected chi connectivity index (χ1v) is 18.7. The summed E-state index contributed by atoms with van der Waals surface area (Å²) < 4.78 is 4.85. The predicted octanol–water partition coefficient (Wildman–Crippen LogP) is 12.7. The lowest BCUT2D eigenvalue weighted by molar-refractivity contribution is 0.755. The van der Waals surface area contributed by atoms with E-state index in [-0.39, 0.29) is 0 Å². The minimum Gasteiger partial charge on any atom is -0.344 e. The smallest absolute Gasteiger partial charge is 0.0490 e. The minimum absolute atomic E-state index is 0.628. The van der Waals surface area contributed by atoms with Crippen molar-refractivity contribution in [2.75, 3.05) is 0 Å². The number of nitrogens with zero attached hydrogens (tertiary/aromatic N) is 2. The van der Waals surface area contributed by atoms with E-state index in [2.05, 4.69) is 163 Å². The highest BCUT2D eigenvalue weighted by Gasteiger charge is 2.41. The molecule has 2 heterocycles. The van der Waals surface area contributed by atoms with Gasteiger partial charge in [-0.25, -0.2) is 0 Å². The number of fused-ring (bicyclic) bond motifs is 5. The van der Waals surface area contributed by atoms with Crippen molar-refractivity contribution in [2.24, 2.45) is 11.8 Å². The van der Waals surface area contributed by atoms with Crippen molar-refractivity contribution >= 4 is 38.9 Å². The van der Waals surface area contributed by atoms with Crippen molar-refractivity contribution in [3.63, 3.8) is 0 Å². The molecule has 4 aromatic carbocycles. The van der Waals surface area contributed by atoms with Crippen LogP contribution in [0.2, 0.25) is 0 Å². The largest absolute Gasteiger partial charge is 0.344 e. The summed E-state index contributed by atoms with van der Waals surface area (Å²) in [5.74, 6) is 1.32. The third-order valence-corrected chi connectivity index (χ3v) is 11.1. The van der Waals surface area contributed by atoms with Crippen LogP contribution in [0, 0.1) is 18.8 Å². The average molecular weight is 661 g/mol. The van der Waals surface area contributed by atoms with E-state index in [9.17, 15) is 0 Å². The Labute approximate surface area is 301 Å². The van der Waals surface area contributed by atoms with Crippen LogP contribution in [0.4, 0.5) is 0 Å². The highest BCUT2D eigenvalue weighted by atomic mass is 15.0. The van der Waals surface area contributed by atoms with Gasteiger partial charge in [-0.05, 0) is 103 Å². The van der Waals surface area contributed by atoms with Gasteiger partial charge in [0.2, 0.25) is 0 Å². The van der Waals surface area contributed by atoms with Gasteiger partial charge in [-0.3, -0.25) is 0 Å². The van der Waals surface area contributed by atoms with Crippen LogP contribution in [0.3, 0.4) is 0 Å². The summed E-state index contributed by atoms with van der Waals surface area (Å²) in [6.45, 7) is 5.32. The Hall–Kier alpha value is -5.60. The zero-order chi connectivity index (χ0) is 34.3. The van der Waals surface area contributed by atoms with Crippen LogP contribution in [-0.2, 0) is 13.0 Å². The van der Waals surface area contributed by atoms with Crippen molar-refractivity contribution < 1.29 is 0 Å². The van der Waals surface area contributed by atoms with Gasteiger partial charge in [-0.1, -0.05) is 127 Å². The van der Waals surface area contributed by atoms with Crippen LogP contribution in [0.1, 0.15) is 54.1 Å². The van der Waals surface area contributed by atoms with Crippen LogP contribution in [0.15, 0.2) is 152 Å². The zero-order valence-electron chi connectivity index (χ0n) is 29.6. The monoisotopic (exact) mass is 660 g/mol. The fraction of sp³-hybridized carbons (Fsp3) is 0.184. The summed E-state index contributed by atoms with van der Waals surface area (Å²) in [5, 5.41) is 3.98. The van der Waals surface area contributed by atoms with Crippen LogP contribution >= 0.6 is 0 Å². The first-order chi connectivity index (χ1) is 25.2. The molecule has 2 nitrogen and oxygen atoms in total. The fourth-order valence-electron chi connectivity index (χ4n) is 8.50. The Morgan fingerprint density at radius 1 is 0.765 bits per heavy atom. The van der Waals surface area contributed by atoms with E-state index in [0.717, 1.165) is 25.8 Å². The molecule has 4 aliphatic rings. The van der Waals surface area contributed by atoms with Crippen LogP contribution in [-0.4, -0.2) is 9.13 Å². The third kappa shape index (κ3) is 5.79. The highest BCUT2D eigenvalue weighted by Crippen LogP contribution is 2.55. The van der Waals surface area contributed by atoms with E-state index < -0.39 is 0 Å². The molecule has 0 radical (unpaired) electrons. The quantitative estimate of drug-likeness (QED) is 0.174. The summed E-state index contributed by atoms with van der Waals surface area (Å²) in [6.07, 6.45) is 32.1. The van der Waals surface area contributed by atoms with Gasteiger partial charge in [0.15, 0.2) is 0 Å². The van der Waals surface area contributed by atoms with Gasteiger partial charge in [-0.15, -0.1) is 0 Å². The third-order valence-electron chi connectivity index (χ3n) is 11.1. The molecule has 4 aliphatic carbocycles. The maximum absolute atomic E-state index is 2.48. The zero-order valence-corrected chi connectivity index (χ0v) is 29.6. The SMILES string of the molecule is CCn1c2c(c3cc(-n4cc5cc(-c6ccccc6)c(C6=CC=CC7CC67)c(C6=CC=CCC6)c5c4)ccc31)C=CC=CC2.Cc1ccccc1. The maximum Gasteiger partial charge on any atom is 0.0490 e. The molecular weight excluding hydrogens is 617 g/mol. The standard InChI is InChI=1S/C42H36N2.C7H8/c1-2-44-39-20-11-5-10-18-33(39)37-25-32(21-22-40(37)44)43-26-31-24-36(28-13-6-3-7-14-28)42(34-19-12-17-30-23-35(30)34)41(38(31)27-43)29-15-8-4-9-16-29;1-7-5-3-2-4-6-7/h3-8,10-15,17-19,21-22,24-27,30,35H,2,9,16,20,23H2,1H3;2-6H,1H3. The first-order valence-electron chi connectivity index (χ1n) is 18.7. The number of hydrogen-bond acceptors (Lipinski definition) is 0. The molecule has 2 atom stereocenters. The van der Waals surface area contributed by atoms with Gasteiger partial charge < -0.3 is 9.13 Å². The van der Waals surface area contributed by atoms with Crippen molar-refractivity contribution in [1.29, 1.82) is 0 Å². The van der Waals surface area contributed by atoms with Crippen LogP contribution < -0.4 is 0 Å². The molecular formula is C49H44N2. The van der Waals surface area contributed by atoms with Gasteiger partial charge in [0.25, 0.3) is 0 Å². The Bertz CT molecular complexity index is 2450. The van der Waals surface area contributed by atoms with E-state index in [1.165, 1.54) is 84.0 Å². The number of hydrogen-bond donors (Lipinski definition) is 0. The Balaban J connectivity index is 0.000000448. The van der Waals surface area contributed by atoms with Crippen molar-refractivity contribution in [2.45, 2.75) is 46.1 Å². The fourth-order valence-corrected chi connectivity index (χ4v) is 8.50. The maximum atomic E-state index is 2.48. The first kappa shape index (κ1) is 31.4. The van der Waals surface area contributed by atoms with Gasteiger partial charge in [0.1, 0.15) is 0 Å². The number of allylic oxidation sites excluding steroid dienone is 11. The topological polar surface area (TPSA) is 9.86 Å². The molecule has 1 fully saturated rings. The Morgan fingerprint density at radius 2 is 1.61 bits per heavy atom. The molecule has 1 saturated carbocycles. The normalized spacial score (nSPS) is 18.5. The lowest BCUT2D eigenvalue weighted by atomic mass is 9.80. The Kier molecular flexibility index (Phi) is 8.16. The summed E-state index contributed by atoms with van der Waals surface area (Å²) in [6, 6.07) is 30.8. The number of benzene rings is 4. The molecule has 0 bridgehead atoms. The Morgan fingerprint density at radius 3 is 2.37 bits per heavy atom. The van der Waals surface area contributed by atoms with E-state index >= 15 is 0 Å². The molecule has 10 rings (SSSR count). The molecule has 0 N–H and O–H groups in total. The molecule has 51 heavy (non-hydrogen) atoms. The number of rotatable bonds is 5. The molecule has 0 spiro atoms. The summed E-state index contributed by atoms with van der Waals surface area (Å²) in [5.41, 5.74) is 15.1. The highest BCUT2D eigenvalue weighted by molar-refractivity contribution is 6.05. The minimum atomic E-state index is 0.628. The van der Waals surface area contributed by atoms with Crippen LogP contribution in [0.25, 0.3) is 55.7 Å². The molecule has 0 amide bonds. The summed E-state index contributed by atoms with van der Waals surface area (Å²) in [7, 11) is 0. The lowest BCUT2D eigenvalue weighted by Gasteiger charge is -2.23. The molecule has 0 saturated heterocycles. The number of aryl methyl sites for hydroxylation is 2. The average Bonchev–Trinajstić information content (AvgIpc) is 3.85. The second-order valence-electron chi connectivity index (χ2n) is 14.3. The van der Waals surface area contributed by atoms with Gasteiger partial charge in [0, 0.05) is 64.0 Å². The van der Waals surface area contributed by atoms with Crippen molar-refractivity contribution in [3.05, 3.63) is 180 Å². The van der Waals surface area contributed by atoms with E-state index in [4.69, 9.17) is 0 Å². The van der Waals surface area contributed by atoms with Gasteiger partial charge >= 0.3 is 0 Å². The van der Waals surface area contributed by atoms with Crippen LogP contribution in [0.5, 0.6) is 0 Å². The van der Waals surface area contributed by atoms with E-state index in [1.54, 1.807) is 0 Å². The molecule has 0 aliphatic heterocycles. The van der Waals surface area contributed by atoms with Crippen molar-refractivity contribution in [1.82, 2.24) is 9.13 Å². The summed E-state index contributed by atoms with van der Waals surface area (Å²) >= 11 is 0.